The number of aliphatic hydroxyl groups is 1. The number of rotatable bonds is 8. The molecule has 0 amide bonds. The molecule has 20 heavy (non-hydrogen) atoms. The van der Waals surface area contributed by atoms with Crippen LogP contribution in [0.15, 0.2) is 15.4 Å². The Balaban J connectivity index is 2.77. The number of hydrogen-bond acceptors (Lipinski definition) is 5. The van der Waals surface area contributed by atoms with Gasteiger partial charge in [-0.15, -0.1) is 0 Å². The van der Waals surface area contributed by atoms with E-state index in [2.05, 4.69) is 4.72 Å². The van der Waals surface area contributed by atoms with Crippen LogP contribution in [0, 0.1) is 12.3 Å². The first-order valence-electron chi connectivity index (χ1n) is 6.40. The molecule has 0 unspecified atom stereocenters. The van der Waals surface area contributed by atoms with Gasteiger partial charge in [-0.3, -0.25) is 0 Å². The molecule has 1 aromatic rings. The van der Waals surface area contributed by atoms with Crippen molar-refractivity contribution in [3.63, 3.8) is 0 Å². The maximum absolute atomic E-state index is 12.2. The highest BCUT2D eigenvalue weighted by atomic mass is 32.2. The van der Waals surface area contributed by atoms with Crippen molar-refractivity contribution in [1.82, 2.24) is 4.72 Å². The van der Waals surface area contributed by atoms with Gasteiger partial charge >= 0.3 is 0 Å². The molecule has 1 rings (SSSR count). The minimum Gasteiger partial charge on any atom is -0.462 e. The molecule has 0 aliphatic carbocycles. The third-order valence-corrected chi connectivity index (χ3v) is 4.60. The van der Waals surface area contributed by atoms with E-state index in [9.17, 15) is 8.42 Å². The topological polar surface area (TPSA) is 88.8 Å². The van der Waals surface area contributed by atoms with Crippen molar-refractivity contribution >= 4 is 10.0 Å². The molecule has 0 bridgehead atoms. The highest BCUT2D eigenvalue weighted by Crippen LogP contribution is 2.23. The zero-order valence-electron chi connectivity index (χ0n) is 12.4. The Labute approximate surface area is 120 Å². The number of aliphatic hydroxyl groups excluding tert-OH is 1. The van der Waals surface area contributed by atoms with Gasteiger partial charge in [0.25, 0.3) is 0 Å². The van der Waals surface area contributed by atoms with Gasteiger partial charge in [-0.2, -0.15) is 0 Å². The summed E-state index contributed by atoms with van der Waals surface area (Å²) in [5.74, 6) is 0.512. The highest BCUT2D eigenvalue weighted by molar-refractivity contribution is 7.89. The summed E-state index contributed by atoms with van der Waals surface area (Å²) in [4.78, 5) is 0.0732. The van der Waals surface area contributed by atoms with E-state index < -0.39 is 10.0 Å². The van der Waals surface area contributed by atoms with Crippen molar-refractivity contribution in [1.29, 1.82) is 0 Å². The Morgan fingerprint density at radius 1 is 1.45 bits per heavy atom. The lowest BCUT2D eigenvalue weighted by Crippen LogP contribution is -2.34. The Kier molecular flexibility index (Phi) is 5.76. The molecule has 0 aliphatic rings. The van der Waals surface area contributed by atoms with Gasteiger partial charge < -0.3 is 14.3 Å². The summed E-state index contributed by atoms with van der Waals surface area (Å²) in [6.07, 6.45) is 0.748. The number of aryl methyl sites for hydroxylation is 1. The zero-order valence-corrected chi connectivity index (χ0v) is 13.2. The molecule has 0 fully saturated rings. The quantitative estimate of drug-likeness (QED) is 0.758. The number of hydrogen-bond donors (Lipinski definition) is 2. The number of sulfonamides is 1. The van der Waals surface area contributed by atoms with Crippen LogP contribution in [0.5, 0.6) is 0 Å². The smallest absolute Gasteiger partial charge is 0.244 e. The Morgan fingerprint density at radius 2 is 2.10 bits per heavy atom. The molecule has 2 N–H and O–H groups in total. The summed E-state index contributed by atoms with van der Waals surface area (Å²) in [6, 6.07) is 1.35. The fraction of sp³-hybridized carbons (Fsp3) is 0.692. The summed E-state index contributed by atoms with van der Waals surface area (Å²) in [6.45, 7) is 6.05. The van der Waals surface area contributed by atoms with E-state index >= 15 is 0 Å². The van der Waals surface area contributed by atoms with Crippen molar-refractivity contribution < 1.29 is 22.7 Å². The van der Waals surface area contributed by atoms with Crippen LogP contribution in [0.3, 0.4) is 0 Å². The monoisotopic (exact) mass is 305 g/mol. The molecular formula is C13H23NO5S. The van der Waals surface area contributed by atoms with Crippen LogP contribution in [0.25, 0.3) is 0 Å². The van der Waals surface area contributed by atoms with Crippen LogP contribution in [-0.2, 0) is 21.4 Å². The molecular weight excluding hydrogens is 282 g/mol. The van der Waals surface area contributed by atoms with Gasteiger partial charge in [0.05, 0.1) is 0 Å². The largest absolute Gasteiger partial charge is 0.462 e. The summed E-state index contributed by atoms with van der Waals surface area (Å²) >= 11 is 0. The van der Waals surface area contributed by atoms with E-state index in [1.54, 1.807) is 14.0 Å². The minimum absolute atomic E-state index is 0.0732. The molecule has 1 aromatic heterocycles. The van der Waals surface area contributed by atoms with Crippen LogP contribution >= 0.6 is 0 Å². The van der Waals surface area contributed by atoms with Crippen LogP contribution in [0.2, 0.25) is 0 Å². The maximum atomic E-state index is 12.2. The van der Waals surface area contributed by atoms with Gasteiger partial charge in [0.15, 0.2) is 0 Å². The molecule has 0 aromatic carbocycles. The van der Waals surface area contributed by atoms with Gasteiger partial charge in [0.2, 0.25) is 10.0 Å². The predicted molar refractivity (Wildman–Crippen MR) is 74.8 cm³/mol. The van der Waals surface area contributed by atoms with Gasteiger partial charge in [-0.1, -0.05) is 13.8 Å². The second-order valence-electron chi connectivity index (χ2n) is 5.52. The molecule has 0 saturated carbocycles. The highest BCUT2D eigenvalue weighted by Gasteiger charge is 2.25. The van der Waals surface area contributed by atoms with Crippen molar-refractivity contribution in [3.8, 4) is 0 Å². The SMILES string of the molecule is COCCC(C)(C)CNS(=O)(=O)c1cc(CO)oc1C. The van der Waals surface area contributed by atoms with Gasteiger partial charge in [0.1, 0.15) is 23.0 Å². The summed E-state index contributed by atoms with van der Waals surface area (Å²) in [7, 11) is -2.02. The molecule has 0 spiro atoms. The number of ether oxygens (including phenoxy) is 1. The number of nitrogens with one attached hydrogen (secondary N) is 1. The first-order valence-corrected chi connectivity index (χ1v) is 7.89. The first kappa shape index (κ1) is 17.2. The van der Waals surface area contributed by atoms with Gasteiger partial charge in [0, 0.05) is 26.3 Å². The zero-order chi connectivity index (χ0) is 15.4. The third-order valence-electron chi connectivity index (χ3n) is 3.09. The van der Waals surface area contributed by atoms with E-state index in [4.69, 9.17) is 14.3 Å². The molecule has 0 atom stereocenters. The van der Waals surface area contributed by atoms with E-state index in [-0.39, 0.29) is 28.4 Å². The minimum atomic E-state index is -3.63. The third kappa shape index (κ3) is 4.59. The van der Waals surface area contributed by atoms with Crippen molar-refractivity contribution in [2.45, 2.75) is 38.7 Å². The number of furan rings is 1. The molecule has 1 heterocycles. The van der Waals surface area contributed by atoms with Crippen molar-refractivity contribution in [3.05, 3.63) is 17.6 Å². The molecule has 7 heteroatoms. The van der Waals surface area contributed by atoms with E-state index in [0.717, 1.165) is 6.42 Å². The lowest BCUT2D eigenvalue weighted by atomic mass is 9.90. The maximum Gasteiger partial charge on any atom is 0.244 e. The van der Waals surface area contributed by atoms with Crippen LogP contribution in [0.1, 0.15) is 31.8 Å². The average molecular weight is 305 g/mol. The molecule has 0 saturated heterocycles. The molecule has 0 aliphatic heterocycles. The van der Waals surface area contributed by atoms with Gasteiger partial charge in [-0.25, -0.2) is 13.1 Å². The Morgan fingerprint density at radius 3 is 2.60 bits per heavy atom. The van der Waals surface area contributed by atoms with Crippen LogP contribution < -0.4 is 4.72 Å². The Hall–Kier alpha value is -0.890. The summed E-state index contributed by atoms with van der Waals surface area (Å²) < 4.78 is 37.2. The van der Waals surface area contributed by atoms with Gasteiger partial charge in [-0.05, 0) is 18.8 Å². The normalized spacial score (nSPS) is 12.8. The summed E-state index contributed by atoms with van der Waals surface area (Å²) in [5, 5.41) is 8.97. The average Bonchev–Trinajstić information content (AvgIpc) is 2.77. The molecule has 116 valence electrons. The van der Waals surface area contributed by atoms with E-state index in [0.29, 0.717) is 13.2 Å². The molecule has 0 radical (unpaired) electrons. The van der Waals surface area contributed by atoms with Crippen molar-refractivity contribution in [2.75, 3.05) is 20.3 Å². The standard InChI is InChI=1S/C13H23NO5S/c1-10-12(7-11(8-15)19-10)20(16,17)14-9-13(2,3)5-6-18-4/h7,14-15H,5-6,8-9H2,1-4H3. The van der Waals surface area contributed by atoms with Crippen molar-refractivity contribution in [2.24, 2.45) is 5.41 Å². The Bertz CT molecular complexity index is 533. The predicted octanol–water partition coefficient (Wildman–Crippen LogP) is 1.42. The van der Waals surface area contributed by atoms with Crippen LogP contribution in [-0.4, -0.2) is 33.8 Å². The first-order chi connectivity index (χ1) is 9.22. The second-order valence-corrected chi connectivity index (χ2v) is 7.26. The van der Waals surface area contributed by atoms with E-state index in [1.807, 2.05) is 13.8 Å². The van der Waals surface area contributed by atoms with E-state index in [1.165, 1.54) is 6.07 Å². The second kappa shape index (κ2) is 6.71. The molecule has 6 nitrogen and oxygen atoms in total. The fourth-order valence-electron chi connectivity index (χ4n) is 1.70. The lowest BCUT2D eigenvalue weighted by molar-refractivity contribution is 0.153. The fourth-order valence-corrected chi connectivity index (χ4v) is 3.15. The van der Waals surface area contributed by atoms with Crippen LogP contribution in [0.4, 0.5) is 0 Å². The lowest BCUT2D eigenvalue weighted by Gasteiger charge is -2.24. The number of methoxy groups -OCH3 is 1. The summed E-state index contributed by atoms with van der Waals surface area (Å²) in [5.41, 5.74) is -0.208.